The zero-order valence-electron chi connectivity index (χ0n) is 18.9. The highest BCUT2D eigenvalue weighted by Crippen LogP contribution is 2.24. The number of hydrogen-bond acceptors (Lipinski definition) is 5. The Bertz CT molecular complexity index is 806. The molecule has 1 saturated heterocycles. The minimum Gasteiger partial charge on any atom is -0.497 e. The summed E-state index contributed by atoms with van der Waals surface area (Å²) in [6, 6.07) is 16.7. The highest BCUT2D eigenvalue weighted by atomic mass is 16.5. The molecule has 1 aliphatic rings. The van der Waals surface area contributed by atoms with Gasteiger partial charge >= 0.3 is 0 Å². The van der Waals surface area contributed by atoms with Crippen molar-refractivity contribution in [1.29, 1.82) is 0 Å². The first kappa shape index (κ1) is 22.7. The Morgan fingerprint density at radius 3 is 2.48 bits per heavy atom. The fraction of sp³-hybridized carbons (Fsp3) is 0.458. The first-order valence-corrected chi connectivity index (χ1v) is 10.9. The Balaban J connectivity index is 1.38. The van der Waals surface area contributed by atoms with E-state index in [0.29, 0.717) is 6.04 Å². The second kappa shape index (κ2) is 12.1. The number of ether oxygens (including phenoxy) is 2. The van der Waals surface area contributed by atoms with Crippen LogP contribution in [-0.2, 0) is 6.54 Å². The lowest BCUT2D eigenvalue weighted by Gasteiger charge is -2.19. The molecule has 3 rings (SSSR count). The van der Waals surface area contributed by atoms with Crippen molar-refractivity contribution >= 4 is 11.6 Å². The van der Waals surface area contributed by atoms with E-state index in [0.717, 1.165) is 68.7 Å². The van der Waals surface area contributed by atoms with Crippen molar-refractivity contribution in [2.24, 2.45) is 4.99 Å². The number of nitrogens with one attached hydrogen (secondary N) is 3. The summed E-state index contributed by atoms with van der Waals surface area (Å²) in [5, 5.41) is 10.4. The molecule has 0 radical (unpaired) electrons. The number of rotatable bonds is 10. The summed E-state index contributed by atoms with van der Waals surface area (Å²) < 4.78 is 10.8. The van der Waals surface area contributed by atoms with Gasteiger partial charge in [0.05, 0.1) is 14.2 Å². The van der Waals surface area contributed by atoms with Gasteiger partial charge in [0, 0.05) is 57.6 Å². The average molecular weight is 426 g/mol. The fourth-order valence-electron chi connectivity index (χ4n) is 3.78. The third-order valence-electron chi connectivity index (χ3n) is 5.40. The molecule has 3 N–H and O–H groups in total. The van der Waals surface area contributed by atoms with Crippen LogP contribution in [0.3, 0.4) is 0 Å². The van der Waals surface area contributed by atoms with E-state index < -0.39 is 0 Å². The molecular weight excluding hydrogens is 390 g/mol. The van der Waals surface area contributed by atoms with Crippen molar-refractivity contribution in [3.05, 3.63) is 54.1 Å². The van der Waals surface area contributed by atoms with Gasteiger partial charge in [0.15, 0.2) is 5.96 Å². The van der Waals surface area contributed by atoms with Gasteiger partial charge in [0.2, 0.25) is 0 Å². The Hall–Kier alpha value is -2.93. The smallest absolute Gasteiger partial charge is 0.191 e. The molecule has 1 heterocycles. The molecule has 7 nitrogen and oxygen atoms in total. The van der Waals surface area contributed by atoms with E-state index in [1.807, 2.05) is 31.3 Å². The summed E-state index contributed by atoms with van der Waals surface area (Å²) in [6.07, 6.45) is 2.11. The van der Waals surface area contributed by atoms with Gasteiger partial charge < -0.3 is 25.4 Å². The van der Waals surface area contributed by atoms with Crippen LogP contribution < -0.4 is 25.4 Å². The molecule has 1 atom stereocenters. The molecule has 31 heavy (non-hydrogen) atoms. The third kappa shape index (κ3) is 7.36. The van der Waals surface area contributed by atoms with Gasteiger partial charge in [-0.2, -0.15) is 0 Å². The zero-order valence-corrected chi connectivity index (χ0v) is 18.9. The minimum absolute atomic E-state index is 0.390. The zero-order chi connectivity index (χ0) is 21.9. The van der Waals surface area contributed by atoms with E-state index in [1.165, 1.54) is 5.56 Å². The lowest BCUT2D eigenvalue weighted by Crippen LogP contribution is -2.45. The van der Waals surface area contributed by atoms with E-state index in [1.54, 1.807) is 14.2 Å². The molecule has 0 bridgehead atoms. The van der Waals surface area contributed by atoms with Crippen molar-refractivity contribution in [2.45, 2.75) is 25.4 Å². The monoisotopic (exact) mass is 425 g/mol. The number of guanidine groups is 1. The number of benzene rings is 2. The first-order chi connectivity index (χ1) is 15.2. The van der Waals surface area contributed by atoms with Gasteiger partial charge in [0.25, 0.3) is 0 Å². The quantitative estimate of drug-likeness (QED) is 0.309. The lowest BCUT2D eigenvalue weighted by molar-refractivity contribution is 0.321. The molecule has 1 fully saturated rings. The van der Waals surface area contributed by atoms with Crippen LogP contribution in [0.2, 0.25) is 0 Å². The minimum atomic E-state index is 0.390. The number of hydrogen-bond donors (Lipinski definition) is 3. The molecule has 0 amide bonds. The first-order valence-electron chi connectivity index (χ1n) is 10.9. The van der Waals surface area contributed by atoms with Crippen LogP contribution >= 0.6 is 0 Å². The summed E-state index contributed by atoms with van der Waals surface area (Å²) in [7, 11) is 5.20. The van der Waals surface area contributed by atoms with Gasteiger partial charge in [-0.1, -0.05) is 18.2 Å². The largest absolute Gasteiger partial charge is 0.497 e. The van der Waals surface area contributed by atoms with E-state index in [4.69, 9.17) is 9.47 Å². The highest BCUT2D eigenvalue weighted by Gasteiger charge is 2.23. The maximum atomic E-state index is 5.39. The van der Waals surface area contributed by atoms with Crippen LogP contribution in [0, 0.1) is 0 Å². The van der Waals surface area contributed by atoms with Crippen LogP contribution in [0.1, 0.15) is 18.4 Å². The van der Waals surface area contributed by atoms with E-state index in [2.05, 4.69) is 50.1 Å². The molecule has 2 aromatic rings. The summed E-state index contributed by atoms with van der Waals surface area (Å²) in [5.41, 5.74) is 2.36. The lowest BCUT2D eigenvalue weighted by atomic mass is 10.2. The molecule has 1 aliphatic heterocycles. The Kier molecular flexibility index (Phi) is 8.84. The number of methoxy groups -OCH3 is 2. The maximum absolute atomic E-state index is 5.39. The molecule has 0 aliphatic carbocycles. The van der Waals surface area contributed by atoms with Crippen LogP contribution in [0.4, 0.5) is 5.69 Å². The normalized spacial score (nSPS) is 16.7. The molecule has 0 spiro atoms. The number of likely N-dealkylation sites (tertiary alicyclic amines) is 1. The van der Waals surface area contributed by atoms with Crippen LogP contribution in [0.25, 0.3) is 0 Å². The van der Waals surface area contributed by atoms with Gasteiger partial charge in [-0.05, 0) is 42.7 Å². The van der Waals surface area contributed by atoms with E-state index >= 15 is 0 Å². The van der Waals surface area contributed by atoms with E-state index in [-0.39, 0.29) is 0 Å². The predicted octanol–water partition coefficient (Wildman–Crippen LogP) is 2.95. The highest BCUT2D eigenvalue weighted by molar-refractivity contribution is 5.80. The molecule has 0 saturated carbocycles. The fourth-order valence-corrected chi connectivity index (χ4v) is 3.78. The van der Waals surface area contributed by atoms with Gasteiger partial charge in [-0.3, -0.25) is 9.89 Å². The number of anilines is 1. The van der Waals surface area contributed by atoms with E-state index in [9.17, 15) is 0 Å². The molecular formula is C24H35N5O2. The predicted molar refractivity (Wildman–Crippen MR) is 127 cm³/mol. The topological polar surface area (TPSA) is 70.2 Å². The number of para-hydroxylation sites is 1. The standard InChI is InChI=1S/C24H35N5O2/c1-25-24(27-12-7-11-26-20-8-5-4-6-9-20)28-21-10-13-29(18-21)17-19-14-22(30-2)16-23(15-19)31-3/h4-6,8-9,14-16,21,26H,7,10-13,17-18H2,1-3H3,(H2,25,27,28). The summed E-state index contributed by atoms with van der Waals surface area (Å²) >= 11 is 0. The summed E-state index contributed by atoms with van der Waals surface area (Å²) in [4.78, 5) is 6.83. The van der Waals surface area contributed by atoms with Crippen molar-refractivity contribution in [3.63, 3.8) is 0 Å². The molecule has 2 aromatic carbocycles. The van der Waals surface area contributed by atoms with Gasteiger partial charge in [0.1, 0.15) is 11.5 Å². The van der Waals surface area contributed by atoms with Crippen molar-refractivity contribution in [3.8, 4) is 11.5 Å². The Morgan fingerprint density at radius 2 is 1.81 bits per heavy atom. The van der Waals surface area contributed by atoms with Gasteiger partial charge in [-0.25, -0.2) is 0 Å². The molecule has 1 unspecified atom stereocenters. The van der Waals surface area contributed by atoms with Gasteiger partial charge in [-0.15, -0.1) is 0 Å². The van der Waals surface area contributed by atoms with Crippen LogP contribution in [0.15, 0.2) is 53.5 Å². The SMILES string of the molecule is CN=C(NCCCNc1ccccc1)NC1CCN(Cc2cc(OC)cc(OC)c2)C1. The third-order valence-corrected chi connectivity index (χ3v) is 5.40. The molecule has 0 aromatic heterocycles. The Morgan fingerprint density at radius 1 is 1.06 bits per heavy atom. The maximum Gasteiger partial charge on any atom is 0.191 e. The summed E-state index contributed by atoms with van der Waals surface area (Å²) in [5.74, 6) is 2.53. The number of aliphatic imine (C=N–C) groups is 1. The average Bonchev–Trinajstić information content (AvgIpc) is 3.25. The van der Waals surface area contributed by atoms with Crippen LogP contribution in [0.5, 0.6) is 11.5 Å². The molecule has 168 valence electrons. The van der Waals surface area contributed by atoms with Crippen molar-refractivity contribution in [2.75, 3.05) is 52.8 Å². The van der Waals surface area contributed by atoms with Crippen LogP contribution in [-0.4, -0.2) is 64.3 Å². The second-order valence-corrected chi connectivity index (χ2v) is 7.73. The molecule has 7 heteroatoms. The summed E-state index contributed by atoms with van der Waals surface area (Å²) in [6.45, 7) is 4.71. The van der Waals surface area contributed by atoms with Crippen molar-refractivity contribution in [1.82, 2.24) is 15.5 Å². The second-order valence-electron chi connectivity index (χ2n) is 7.73. The van der Waals surface area contributed by atoms with Crippen molar-refractivity contribution < 1.29 is 9.47 Å². The Labute approximate surface area is 185 Å². The number of nitrogens with zero attached hydrogens (tertiary/aromatic N) is 2.